The Morgan fingerprint density at radius 2 is 2.19 bits per heavy atom. The van der Waals surface area contributed by atoms with Crippen LogP contribution < -0.4 is 5.32 Å². The molecule has 0 aliphatic rings. The van der Waals surface area contributed by atoms with Crippen molar-refractivity contribution in [1.29, 1.82) is 0 Å². The molecule has 16 heavy (non-hydrogen) atoms. The van der Waals surface area contributed by atoms with E-state index < -0.39 is 0 Å². The number of aromatic nitrogens is 3. The summed E-state index contributed by atoms with van der Waals surface area (Å²) >= 11 is 0. The zero-order chi connectivity index (χ0) is 11.4. The number of rotatable bonds is 5. The molecule has 0 unspecified atom stereocenters. The lowest BCUT2D eigenvalue weighted by atomic mass is 10.3. The van der Waals surface area contributed by atoms with E-state index in [1.807, 2.05) is 25.0 Å². The lowest BCUT2D eigenvalue weighted by Crippen LogP contribution is -2.12. The van der Waals surface area contributed by atoms with Crippen molar-refractivity contribution in [3.05, 3.63) is 42.0 Å². The Labute approximate surface area is 95.9 Å². The van der Waals surface area contributed by atoms with Gasteiger partial charge in [0.15, 0.2) is 0 Å². The Bertz CT molecular complexity index is 441. The first-order valence-corrected chi connectivity index (χ1v) is 5.57. The van der Waals surface area contributed by atoms with Gasteiger partial charge in [0.25, 0.3) is 0 Å². The van der Waals surface area contributed by atoms with E-state index in [2.05, 4.69) is 39.4 Å². The van der Waals surface area contributed by atoms with Crippen molar-refractivity contribution in [2.75, 3.05) is 7.05 Å². The predicted molar refractivity (Wildman–Crippen MR) is 64.1 cm³/mol. The number of hydrogen-bond donors (Lipinski definition) is 1. The zero-order valence-corrected chi connectivity index (χ0v) is 9.85. The normalized spacial score (nSPS) is 10.9. The van der Waals surface area contributed by atoms with Gasteiger partial charge in [-0.05, 0) is 25.2 Å². The number of aryl methyl sites for hydroxylation is 3. The minimum Gasteiger partial charge on any atom is -0.350 e. The van der Waals surface area contributed by atoms with Gasteiger partial charge in [-0.1, -0.05) is 0 Å². The summed E-state index contributed by atoms with van der Waals surface area (Å²) in [7, 11) is 3.96. The molecule has 0 amide bonds. The average molecular weight is 218 g/mol. The molecule has 0 bridgehead atoms. The van der Waals surface area contributed by atoms with E-state index >= 15 is 0 Å². The van der Waals surface area contributed by atoms with Crippen LogP contribution in [0, 0.1) is 0 Å². The third-order valence-corrected chi connectivity index (χ3v) is 2.81. The molecular formula is C12H18N4. The van der Waals surface area contributed by atoms with Gasteiger partial charge in [0.05, 0.1) is 0 Å². The summed E-state index contributed by atoms with van der Waals surface area (Å²) < 4.78 is 4.21. The largest absolute Gasteiger partial charge is 0.350 e. The van der Waals surface area contributed by atoms with Crippen molar-refractivity contribution in [1.82, 2.24) is 19.7 Å². The maximum absolute atomic E-state index is 4.17. The van der Waals surface area contributed by atoms with Gasteiger partial charge in [-0.3, -0.25) is 4.68 Å². The maximum atomic E-state index is 4.17. The van der Waals surface area contributed by atoms with Crippen LogP contribution in [0.1, 0.15) is 11.4 Å². The summed E-state index contributed by atoms with van der Waals surface area (Å²) in [6.07, 6.45) is 4.99. The quantitative estimate of drug-likeness (QED) is 0.818. The second kappa shape index (κ2) is 4.99. The Morgan fingerprint density at radius 3 is 2.88 bits per heavy atom. The summed E-state index contributed by atoms with van der Waals surface area (Å²) in [5.41, 5.74) is 2.59. The van der Waals surface area contributed by atoms with E-state index in [1.54, 1.807) is 0 Å². The molecule has 0 aliphatic heterocycles. The maximum Gasteiger partial charge on any atom is 0.0492 e. The first-order valence-electron chi connectivity index (χ1n) is 5.57. The van der Waals surface area contributed by atoms with Crippen LogP contribution in [0.3, 0.4) is 0 Å². The van der Waals surface area contributed by atoms with Gasteiger partial charge in [0, 0.05) is 50.3 Å². The van der Waals surface area contributed by atoms with Crippen molar-refractivity contribution in [2.45, 2.75) is 19.5 Å². The molecule has 86 valence electrons. The molecule has 2 aromatic heterocycles. The van der Waals surface area contributed by atoms with E-state index in [0.29, 0.717) is 0 Å². The molecule has 0 aliphatic carbocycles. The highest BCUT2D eigenvalue weighted by atomic mass is 15.3. The molecule has 0 radical (unpaired) electrons. The van der Waals surface area contributed by atoms with Crippen LogP contribution in [0.15, 0.2) is 30.6 Å². The van der Waals surface area contributed by atoms with Crippen LogP contribution in [-0.2, 0) is 26.6 Å². The Morgan fingerprint density at radius 1 is 1.31 bits per heavy atom. The molecule has 2 heterocycles. The fraction of sp³-hybridized carbons (Fsp3) is 0.417. The minimum atomic E-state index is 0.915. The molecule has 0 aromatic carbocycles. The molecule has 0 saturated heterocycles. The first kappa shape index (κ1) is 11.0. The standard InChI is InChI=1S/C12H18N4/c1-13-10-12-4-3-8-16(12)9-6-11-5-7-14-15(11)2/h3-5,7-8,13H,6,9-10H2,1-2H3. The van der Waals surface area contributed by atoms with E-state index in [9.17, 15) is 0 Å². The van der Waals surface area contributed by atoms with Crippen LogP contribution in [0.5, 0.6) is 0 Å². The van der Waals surface area contributed by atoms with Gasteiger partial charge >= 0.3 is 0 Å². The van der Waals surface area contributed by atoms with E-state index in [4.69, 9.17) is 0 Å². The van der Waals surface area contributed by atoms with Crippen molar-refractivity contribution in [3.8, 4) is 0 Å². The monoisotopic (exact) mass is 218 g/mol. The highest BCUT2D eigenvalue weighted by molar-refractivity contribution is 5.08. The van der Waals surface area contributed by atoms with Gasteiger partial charge < -0.3 is 9.88 Å². The number of nitrogens with zero attached hydrogens (tertiary/aromatic N) is 3. The lowest BCUT2D eigenvalue weighted by Gasteiger charge is -2.08. The molecule has 0 saturated carbocycles. The van der Waals surface area contributed by atoms with Crippen molar-refractivity contribution in [2.24, 2.45) is 7.05 Å². The van der Waals surface area contributed by atoms with E-state index in [-0.39, 0.29) is 0 Å². The predicted octanol–water partition coefficient (Wildman–Crippen LogP) is 1.18. The molecule has 0 fully saturated rings. The second-order valence-electron chi connectivity index (χ2n) is 3.92. The Balaban J connectivity index is 1.99. The fourth-order valence-electron chi connectivity index (χ4n) is 1.89. The molecule has 0 atom stereocenters. The van der Waals surface area contributed by atoms with Crippen LogP contribution in [0.25, 0.3) is 0 Å². The summed E-state index contributed by atoms with van der Waals surface area (Å²) in [4.78, 5) is 0. The lowest BCUT2D eigenvalue weighted by molar-refractivity contribution is 0.608. The van der Waals surface area contributed by atoms with Crippen molar-refractivity contribution < 1.29 is 0 Å². The number of nitrogens with one attached hydrogen (secondary N) is 1. The SMILES string of the molecule is CNCc1cccn1CCc1ccnn1C. The van der Waals surface area contributed by atoms with Gasteiger partial charge in [-0.2, -0.15) is 5.10 Å². The number of hydrogen-bond acceptors (Lipinski definition) is 2. The third-order valence-electron chi connectivity index (χ3n) is 2.81. The fourth-order valence-corrected chi connectivity index (χ4v) is 1.89. The summed E-state index contributed by atoms with van der Waals surface area (Å²) in [6, 6.07) is 6.32. The van der Waals surface area contributed by atoms with Gasteiger partial charge in [0.1, 0.15) is 0 Å². The molecule has 0 spiro atoms. The van der Waals surface area contributed by atoms with Crippen LogP contribution in [0.4, 0.5) is 0 Å². The zero-order valence-electron chi connectivity index (χ0n) is 9.85. The molecule has 1 N–H and O–H groups in total. The first-order chi connectivity index (χ1) is 7.81. The van der Waals surface area contributed by atoms with Crippen LogP contribution >= 0.6 is 0 Å². The molecule has 4 heteroatoms. The summed E-state index contributed by atoms with van der Waals surface area (Å²) in [6.45, 7) is 1.92. The van der Waals surface area contributed by atoms with Crippen LogP contribution in [0.2, 0.25) is 0 Å². The van der Waals surface area contributed by atoms with E-state index in [1.165, 1.54) is 11.4 Å². The second-order valence-corrected chi connectivity index (χ2v) is 3.92. The third kappa shape index (κ3) is 2.33. The smallest absolute Gasteiger partial charge is 0.0492 e. The van der Waals surface area contributed by atoms with E-state index in [0.717, 1.165) is 19.5 Å². The minimum absolute atomic E-state index is 0.915. The average Bonchev–Trinajstić information content (AvgIpc) is 2.86. The van der Waals surface area contributed by atoms with Crippen molar-refractivity contribution >= 4 is 0 Å². The molecular weight excluding hydrogens is 200 g/mol. The highest BCUT2D eigenvalue weighted by Gasteiger charge is 2.02. The van der Waals surface area contributed by atoms with Gasteiger partial charge in [-0.15, -0.1) is 0 Å². The van der Waals surface area contributed by atoms with Gasteiger partial charge in [-0.25, -0.2) is 0 Å². The topological polar surface area (TPSA) is 34.8 Å². The van der Waals surface area contributed by atoms with Crippen LogP contribution in [-0.4, -0.2) is 21.4 Å². The Kier molecular flexibility index (Phi) is 3.41. The molecule has 2 aromatic rings. The van der Waals surface area contributed by atoms with Crippen molar-refractivity contribution in [3.63, 3.8) is 0 Å². The summed E-state index contributed by atoms with van der Waals surface area (Å²) in [5, 5.41) is 7.35. The molecule has 2 rings (SSSR count). The molecule has 4 nitrogen and oxygen atoms in total. The highest BCUT2D eigenvalue weighted by Crippen LogP contribution is 2.05. The van der Waals surface area contributed by atoms with Gasteiger partial charge in [0.2, 0.25) is 0 Å². The summed E-state index contributed by atoms with van der Waals surface area (Å²) in [5.74, 6) is 0. The Hall–Kier alpha value is -1.55.